The predicted octanol–water partition coefficient (Wildman–Crippen LogP) is 6.63. The molecule has 2 aliphatic carbocycles. The zero-order chi connectivity index (χ0) is 23.4. The number of carboxylic acids is 1. The lowest BCUT2D eigenvalue weighted by Crippen LogP contribution is -2.47. The van der Waals surface area contributed by atoms with Gasteiger partial charge in [-0.1, -0.05) is 26.2 Å². The summed E-state index contributed by atoms with van der Waals surface area (Å²) in [6.45, 7) is 4.82. The monoisotopic (exact) mass is 498 g/mol. The molecule has 2 fully saturated rings. The molecule has 1 aromatic heterocycles. The Labute approximate surface area is 204 Å². The van der Waals surface area contributed by atoms with Crippen molar-refractivity contribution >= 4 is 29.3 Å². The number of H-pyrrole nitrogens is 1. The van der Waals surface area contributed by atoms with Crippen LogP contribution in [0.15, 0.2) is 18.2 Å². The van der Waals surface area contributed by atoms with Gasteiger partial charge < -0.3 is 15.0 Å². The molecule has 0 bridgehead atoms. The molecule has 1 aliphatic heterocycles. The molecule has 1 saturated heterocycles. The smallest absolute Gasteiger partial charge is 0.416 e. The molecule has 0 unspecified atom stereocenters. The summed E-state index contributed by atoms with van der Waals surface area (Å²) < 4.78 is 40.0. The second kappa shape index (κ2) is 9.38. The number of aromatic nitrogens is 1. The molecule has 2 aromatic rings. The van der Waals surface area contributed by atoms with Crippen molar-refractivity contribution in [2.24, 2.45) is 17.3 Å². The highest BCUT2D eigenvalue weighted by Crippen LogP contribution is 2.47. The summed E-state index contributed by atoms with van der Waals surface area (Å²) in [5.41, 5.74) is 1.76. The summed E-state index contributed by atoms with van der Waals surface area (Å²) in [5, 5.41) is 10.6. The number of aliphatic carboxylic acids is 1. The summed E-state index contributed by atoms with van der Waals surface area (Å²) >= 11 is 0. The number of nitrogens with one attached hydrogen (secondary N) is 1. The number of hydrogen-bond donors (Lipinski definition) is 2. The minimum atomic E-state index is -4.35. The highest BCUT2D eigenvalue weighted by atomic mass is 35.5. The van der Waals surface area contributed by atoms with E-state index >= 15 is 0 Å². The van der Waals surface area contributed by atoms with E-state index in [4.69, 9.17) is 0 Å². The van der Waals surface area contributed by atoms with Crippen molar-refractivity contribution in [3.8, 4) is 0 Å². The fraction of sp³-hybridized carbons (Fsp3) is 0.654. The Morgan fingerprint density at radius 3 is 2.65 bits per heavy atom. The first kappa shape index (κ1) is 25.4. The number of alkyl halides is 3. The first-order chi connectivity index (χ1) is 15.7. The van der Waals surface area contributed by atoms with Crippen LogP contribution in [0.5, 0.6) is 0 Å². The molecular weight excluding hydrogens is 465 g/mol. The topological polar surface area (TPSA) is 56.3 Å². The molecule has 5 rings (SSSR count). The predicted molar refractivity (Wildman–Crippen MR) is 128 cm³/mol. The molecule has 3 aliphatic rings. The van der Waals surface area contributed by atoms with Gasteiger partial charge in [-0.25, -0.2) is 0 Å². The molecule has 2 N–H and O–H groups in total. The van der Waals surface area contributed by atoms with Gasteiger partial charge in [0.05, 0.1) is 11.0 Å². The van der Waals surface area contributed by atoms with Crippen molar-refractivity contribution in [3.05, 3.63) is 35.0 Å². The summed E-state index contributed by atoms with van der Waals surface area (Å²) in [6.07, 6.45) is 2.96. The number of hydrogen-bond acceptors (Lipinski definition) is 2. The SMILES string of the molecule is C[C@H]1c2c([nH]c3ccc(C(F)(F)F)cc23)C[C@H]2CCN(CCC3(C(=O)O)CCCCC3)C[C@@H]21.Cl. The summed E-state index contributed by atoms with van der Waals surface area (Å²) in [6, 6.07) is 4.03. The van der Waals surface area contributed by atoms with Gasteiger partial charge in [-0.05, 0) is 86.7 Å². The van der Waals surface area contributed by atoms with Crippen LogP contribution in [-0.2, 0) is 17.4 Å². The van der Waals surface area contributed by atoms with E-state index in [1.54, 1.807) is 6.07 Å². The third kappa shape index (κ3) is 4.46. The van der Waals surface area contributed by atoms with Crippen LogP contribution in [0.1, 0.15) is 74.6 Å². The number of rotatable bonds is 4. The maximum absolute atomic E-state index is 13.3. The molecule has 0 radical (unpaired) electrons. The van der Waals surface area contributed by atoms with Gasteiger partial charge in [-0.2, -0.15) is 13.2 Å². The zero-order valence-corrected chi connectivity index (χ0v) is 20.4. The fourth-order valence-electron chi connectivity index (χ4n) is 6.90. The molecule has 3 atom stereocenters. The highest BCUT2D eigenvalue weighted by molar-refractivity contribution is 5.86. The molecular formula is C26H34ClF3N2O2. The van der Waals surface area contributed by atoms with Gasteiger partial charge in [-0.15, -0.1) is 12.4 Å². The van der Waals surface area contributed by atoms with Crippen molar-refractivity contribution in [2.75, 3.05) is 19.6 Å². The van der Waals surface area contributed by atoms with Crippen LogP contribution in [0.4, 0.5) is 13.2 Å². The third-order valence-electron chi connectivity index (χ3n) is 8.87. The zero-order valence-electron chi connectivity index (χ0n) is 19.6. The number of aromatic amines is 1. The van der Waals surface area contributed by atoms with E-state index in [-0.39, 0.29) is 18.3 Å². The van der Waals surface area contributed by atoms with Crippen LogP contribution in [0.25, 0.3) is 10.9 Å². The normalized spacial score (nSPS) is 27.0. The van der Waals surface area contributed by atoms with Gasteiger partial charge in [0.2, 0.25) is 0 Å². The quantitative estimate of drug-likeness (QED) is 0.497. The first-order valence-electron chi connectivity index (χ1n) is 12.4. The van der Waals surface area contributed by atoms with Gasteiger partial charge in [0.1, 0.15) is 0 Å². The second-order valence-corrected chi connectivity index (χ2v) is 10.7. The number of nitrogens with zero attached hydrogens (tertiary/aromatic N) is 1. The number of halogens is 4. The average Bonchev–Trinajstić information content (AvgIpc) is 3.15. The molecule has 1 aromatic carbocycles. The van der Waals surface area contributed by atoms with Gasteiger partial charge in [0, 0.05) is 23.1 Å². The number of carboxylic acid groups (broad SMARTS) is 1. The van der Waals surface area contributed by atoms with E-state index in [0.29, 0.717) is 23.6 Å². The van der Waals surface area contributed by atoms with Crippen molar-refractivity contribution in [1.82, 2.24) is 9.88 Å². The molecule has 188 valence electrons. The fourth-order valence-corrected chi connectivity index (χ4v) is 6.90. The molecule has 2 heterocycles. The Morgan fingerprint density at radius 1 is 1.24 bits per heavy atom. The lowest BCUT2D eigenvalue weighted by atomic mass is 9.67. The Morgan fingerprint density at radius 2 is 1.97 bits per heavy atom. The third-order valence-corrected chi connectivity index (χ3v) is 8.87. The Kier molecular flexibility index (Phi) is 7.00. The van der Waals surface area contributed by atoms with Gasteiger partial charge in [0.25, 0.3) is 0 Å². The van der Waals surface area contributed by atoms with Crippen LogP contribution in [0, 0.1) is 17.3 Å². The number of likely N-dealkylation sites (tertiary alicyclic amines) is 1. The summed E-state index contributed by atoms with van der Waals surface area (Å²) in [7, 11) is 0. The Bertz CT molecular complexity index is 1040. The second-order valence-electron chi connectivity index (χ2n) is 10.7. The van der Waals surface area contributed by atoms with E-state index in [1.165, 1.54) is 6.07 Å². The minimum absolute atomic E-state index is 0. The minimum Gasteiger partial charge on any atom is -0.481 e. The van der Waals surface area contributed by atoms with Gasteiger partial charge in [-0.3, -0.25) is 4.79 Å². The van der Waals surface area contributed by atoms with Crippen LogP contribution < -0.4 is 0 Å². The maximum Gasteiger partial charge on any atom is 0.416 e. The Balaban J connectivity index is 0.00000274. The standard InChI is InChI=1S/C26H33F3N2O2.ClH/c1-16-20-15-31(12-10-25(24(32)33)8-3-2-4-9-25)11-7-17(20)13-22-23(16)19-14-18(26(27,28)29)5-6-21(19)30-22;/h5-6,14,16-17,20,30H,2-4,7-13,15H2,1H3,(H,32,33);1H/t16-,17-,20-;/m1./s1. The van der Waals surface area contributed by atoms with E-state index in [2.05, 4.69) is 16.8 Å². The largest absolute Gasteiger partial charge is 0.481 e. The van der Waals surface area contributed by atoms with E-state index in [0.717, 1.165) is 87.4 Å². The number of piperidine rings is 1. The van der Waals surface area contributed by atoms with Crippen molar-refractivity contribution in [1.29, 1.82) is 0 Å². The number of fused-ring (bicyclic) bond motifs is 4. The van der Waals surface area contributed by atoms with Crippen LogP contribution in [0.3, 0.4) is 0 Å². The highest BCUT2D eigenvalue weighted by Gasteiger charge is 2.43. The average molecular weight is 499 g/mol. The maximum atomic E-state index is 13.3. The van der Waals surface area contributed by atoms with Crippen LogP contribution in [0.2, 0.25) is 0 Å². The molecule has 8 heteroatoms. The molecule has 34 heavy (non-hydrogen) atoms. The van der Waals surface area contributed by atoms with Crippen molar-refractivity contribution in [3.63, 3.8) is 0 Å². The van der Waals surface area contributed by atoms with Crippen LogP contribution in [-0.4, -0.2) is 40.6 Å². The Hall–Kier alpha value is -1.73. The van der Waals surface area contributed by atoms with Gasteiger partial charge >= 0.3 is 12.1 Å². The summed E-state index contributed by atoms with van der Waals surface area (Å²) in [5.74, 6) is 0.419. The number of carbonyl (C=O) groups is 1. The van der Waals surface area contributed by atoms with E-state index in [1.807, 2.05) is 0 Å². The van der Waals surface area contributed by atoms with Crippen molar-refractivity contribution in [2.45, 2.75) is 70.4 Å². The van der Waals surface area contributed by atoms with Crippen LogP contribution >= 0.6 is 12.4 Å². The lowest BCUT2D eigenvalue weighted by molar-refractivity contribution is -0.152. The molecule has 1 saturated carbocycles. The lowest BCUT2D eigenvalue weighted by Gasteiger charge is -2.45. The van der Waals surface area contributed by atoms with Crippen molar-refractivity contribution < 1.29 is 23.1 Å². The van der Waals surface area contributed by atoms with E-state index < -0.39 is 23.1 Å². The molecule has 4 nitrogen and oxygen atoms in total. The van der Waals surface area contributed by atoms with E-state index in [9.17, 15) is 23.1 Å². The van der Waals surface area contributed by atoms with Gasteiger partial charge in [0.15, 0.2) is 0 Å². The molecule has 0 spiro atoms. The molecule has 0 amide bonds. The first-order valence-corrected chi connectivity index (χ1v) is 12.4. The number of benzene rings is 1. The summed E-state index contributed by atoms with van der Waals surface area (Å²) in [4.78, 5) is 17.9.